The third-order valence-electron chi connectivity index (χ3n) is 4.30. The monoisotopic (exact) mass is 399 g/mol. The first-order valence-corrected chi connectivity index (χ1v) is 9.46. The maximum atomic E-state index is 12.0. The Morgan fingerprint density at radius 3 is 2.69 bits per heavy atom. The van der Waals surface area contributed by atoms with Crippen molar-refractivity contribution in [2.24, 2.45) is 5.73 Å². The van der Waals surface area contributed by atoms with Crippen molar-refractivity contribution in [3.8, 4) is 12.0 Å². The van der Waals surface area contributed by atoms with Crippen molar-refractivity contribution in [2.45, 2.75) is 26.3 Å². The fourth-order valence-electron chi connectivity index (χ4n) is 2.74. The van der Waals surface area contributed by atoms with Crippen LogP contribution in [-0.2, 0) is 6.54 Å². The minimum atomic E-state index is -0.225. The van der Waals surface area contributed by atoms with Crippen molar-refractivity contribution >= 4 is 22.9 Å². The molecule has 0 saturated carbocycles. The highest BCUT2D eigenvalue weighted by Gasteiger charge is 2.17. The topological polar surface area (TPSA) is 154 Å². The van der Waals surface area contributed by atoms with Gasteiger partial charge in [0.1, 0.15) is 0 Å². The van der Waals surface area contributed by atoms with Gasteiger partial charge in [-0.2, -0.15) is 15.0 Å². The molecule has 154 valence electrons. The number of unbranched alkanes of at least 4 members (excludes halogenated alkanes) is 1. The molecule has 6 N–H and O–H groups in total. The maximum absolute atomic E-state index is 12.0. The van der Waals surface area contributed by atoms with Gasteiger partial charge in [0.15, 0.2) is 17.0 Å². The number of hydrogen-bond donors (Lipinski definition) is 4. The van der Waals surface area contributed by atoms with Gasteiger partial charge in [0.05, 0.1) is 13.2 Å². The van der Waals surface area contributed by atoms with Crippen LogP contribution in [0.2, 0.25) is 0 Å². The normalized spacial score (nSPS) is 11.0. The number of carbonyl (C=O) groups is 1. The predicted octanol–water partition coefficient (Wildman–Crippen LogP) is 1.03. The van der Waals surface area contributed by atoms with Crippen LogP contribution in [0.15, 0.2) is 24.3 Å². The number of imidazole rings is 1. The van der Waals surface area contributed by atoms with Crippen LogP contribution in [0.1, 0.15) is 35.7 Å². The largest absolute Gasteiger partial charge is 0.480 e. The number of rotatable bonds is 9. The summed E-state index contributed by atoms with van der Waals surface area (Å²) in [6.07, 6.45) is 1.85. The van der Waals surface area contributed by atoms with E-state index in [2.05, 4.69) is 27.2 Å². The lowest BCUT2D eigenvalue weighted by atomic mass is 10.1. The summed E-state index contributed by atoms with van der Waals surface area (Å²) in [6.45, 7) is 3.63. The van der Waals surface area contributed by atoms with Crippen LogP contribution >= 0.6 is 0 Å². The second kappa shape index (κ2) is 9.20. The maximum Gasteiger partial charge on any atom is 0.320 e. The molecule has 0 spiro atoms. The number of amides is 1. The molecule has 1 aromatic carbocycles. The average molecular weight is 399 g/mol. The Balaban J connectivity index is 1.83. The average Bonchev–Trinajstić information content (AvgIpc) is 3.03. The summed E-state index contributed by atoms with van der Waals surface area (Å²) >= 11 is 0. The number of carbonyl (C=O) groups excluding carboxylic acids is 1. The van der Waals surface area contributed by atoms with Crippen molar-refractivity contribution in [1.29, 1.82) is 0 Å². The van der Waals surface area contributed by atoms with E-state index < -0.39 is 0 Å². The van der Waals surface area contributed by atoms with Crippen molar-refractivity contribution in [2.75, 3.05) is 25.4 Å². The molecule has 0 aliphatic rings. The summed E-state index contributed by atoms with van der Waals surface area (Å²) < 4.78 is 7.06. The molecule has 0 fully saturated rings. The summed E-state index contributed by atoms with van der Waals surface area (Å²) in [5.41, 5.74) is 13.4. The molecule has 0 atom stereocenters. The molecule has 0 unspecified atom stereocenters. The highest BCUT2D eigenvalue weighted by molar-refractivity contribution is 5.94. The van der Waals surface area contributed by atoms with Crippen LogP contribution < -0.4 is 21.5 Å². The number of nitrogens with zero attached hydrogens (tertiary/aromatic N) is 4. The van der Waals surface area contributed by atoms with Gasteiger partial charge in [0.25, 0.3) is 11.9 Å². The summed E-state index contributed by atoms with van der Waals surface area (Å²) in [5.74, 6) is -0.0465. The number of aromatic hydroxyl groups is 1. The van der Waals surface area contributed by atoms with E-state index in [1.165, 1.54) is 4.57 Å². The molecule has 2 heterocycles. The molecule has 0 bridgehead atoms. The van der Waals surface area contributed by atoms with Crippen molar-refractivity contribution in [1.82, 2.24) is 24.8 Å². The van der Waals surface area contributed by atoms with E-state index in [9.17, 15) is 9.90 Å². The van der Waals surface area contributed by atoms with Gasteiger partial charge < -0.3 is 26.6 Å². The molecule has 29 heavy (non-hydrogen) atoms. The van der Waals surface area contributed by atoms with Gasteiger partial charge in [0.2, 0.25) is 0 Å². The smallest absolute Gasteiger partial charge is 0.320 e. The van der Waals surface area contributed by atoms with Crippen LogP contribution in [0.25, 0.3) is 11.2 Å². The van der Waals surface area contributed by atoms with E-state index in [-0.39, 0.29) is 30.3 Å². The molecule has 3 rings (SSSR count). The summed E-state index contributed by atoms with van der Waals surface area (Å²) in [4.78, 5) is 24.5. The molecule has 0 saturated heterocycles. The molecule has 2 aromatic heterocycles. The second-order valence-electron chi connectivity index (χ2n) is 6.51. The molecule has 0 radical (unpaired) electrons. The van der Waals surface area contributed by atoms with E-state index >= 15 is 0 Å². The molecule has 10 heteroatoms. The highest BCUT2D eigenvalue weighted by Crippen LogP contribution is 2.25. The third-order valence-corrected chi connectivity index (χ3v) is 4.30. The summed E-state index contributed by atoms with van der Waals surface area (Å²) in [7, 11) is 0. The number of anilines is 1. The number of nitrogen functional groups attached to an aromatic ring is 1. The van der Waals surface area contributed by atoms with Crippen LogP contribution in [0.4, 0.5) is 5.82 Å². The molecule has 0 aliphatic heterocycles. The van der Waals surface area contributed by atoms with Gasteiger partial charge >= 0.3 is 6.01 Å². The minimum absolute atomic E-state index is 0.141. The Bertz CT molecular complexity index is 986. The first-order chi connectivity index (χ1) is 14.0. The molecule has 1 amide bonds. The molecule has 10 nitrogen and oxygen atoms in total. The number of hydrogen-bond acceptors (Lipinski definition) is 8. The Morgan fingerprint density at radius 2 is 2.00 bits per heavy atom. The zero-order chi connectivity index (χ0) is 20.8. The molecule has 3 aromatic rings. The fraction of sp³-hybridized carbons (Fsp3) is 0.368. The molecular formula is C19H25N7O3. The second-order valence-corrected chi connectivity index (χ2v) is 6.51. The predicted molar refractivity (Wildman–Crippen MR) is 109 cm³/mol. The lowest BCUT2D eigenvalue weighted by molar-refractivity contribution is 0.0954. The zero-order valence-electron chi connectivity index (χ0n) is 16.3. The highest BCUT2D eigenvalue weighted by atomic mass is 16.5. The fourth-order valence-corrected chi connectivity index (χ4v) is 2.74. The number of nitrogens with two attached hydrogens (primary N) is 2. The molecule has 0 aliphatic carbocycles. The third kappa shape index (κ3) is 4.72. The van der Waals surface area contributed by atoms with Gasteiger partial charge in [-0.05, 0) is 24.1 Å². The van der Waals surface area contributed by atoms with E-state index in [0.717, 1.165) is 18.4 Å². The minimum Gasteiger partial charge on any atom is -0.480 e. The first kappa shape index (κ1) is 20.3. The van der Waals surface area contributed by atoms with Gasteiger partial charge in [0, 0.05) is 18.7 Å². The summed E-state index contributed by atoms with van der Waals surface area (Å²) in [6, 6.07) is 6.94. The summed E-state index contributed by atoms with van der Waals surface area (Å²) in [5, 5.41) is 13.0. The van der Waals surface area contributed by atoms with Crippen LogP contribution in [0, 0.1) is 0 Å². The van der Waals surface area contributed by atoms with Crippen LogP contribution in [0.3, 0.4) is 0 Å². The quantitative estimate of drug-likeness (QED) is 0.389. The SMILES string of the molecule is CCCCOc1nc(N)c2nc(O)n(Cc3ccc(C(=O)NCCN)cc3)c2n1. The van der Waals surface area contributed by atoms with Crippen LogP contribution in [0.5, 0.6) is 12.0 Å². The van der Waals surface area contributed by atoms with Gasteiger partial charge in [-0.15, -0.1) is 0 Å². The van der Waals surface area contributed by atoms with Crippen LogP contribution in [-0.4, -0.2) is 50.2 Å². The number of fused-ring (bicyclic) bond motifs is 1. The zero-order valence-corrected chi connectivity index (χ0v) is 16.3. The standard InChI is InChI=1S/C19H25N7O3/c1-2-3-10-29-18-24-15(21)14-16(25-18)26(19(28)23-14)11-12-4-6-13(7-5-12)17(27)22-9-8-20/h4-7H,2-3,8-11,20H2,1H3,(H,22,27)(H,23,28)(H2,21,24,25). The number of ether oxygens (including phenoxy) is 1. The van der Waals surface area contributed by atoms with Crippen molar-refractivity contribution < 1.29 is 14.6 Å². The van der Waals surface area contributed by atoms with E-state index in [0.29, 0.717) is 36.4 Å². The van der Waals surface area contributed by atoms with Gasteiger partial charge in [-0.1, -0.05) is 25.5 Å². The van der Waals surface area contributed by atoms with Crippen molar-refractivity contribution in [3.63, 3.8) is 0 Å². The number of aromatic nitrogens is 4. The van der Waals surface area contributed by atoms with E-state index in [1.807, 2.05) is 0 Å². The first-order valence-electron chi connectivity index (χ1n) is 9.46. The lowest BCUT2D eigenvalue weighted by Crippen LogP contribution is -2.28. The van der Waals surface area contributed by atoms with Gasteiger partial charge in [-0.3, -0.25) is 9.36 Å². The van der Waals surface area contributed by atoms with E-state index in [4.69, 9.17) is 16.2 Å². The number of nitrogens with one attached hydrogen (secondary N) is 1. The number of benzene rings is 1. The Morgan fingerprint density at radius 1 is 1.24 bits per heavy atom. The Kier molecular flexibility index (Phi) is 6.45. The lowest BCUT2D eigenvalue weighted by Gasteiger charge is -2.08. The Labute approximate surface area is 167 Å². The Hall–Kier alpha value is -3.40. The van der Waals surface area contributed by atoms with Gasteiger partial charge in [-0.25, -0.2) is 0 Å². The van der Waals surface area contributed by atoms with Crippen molar-refractivity contribution in [3.05, 3.63) is 35.4 Å². The van der Waals surface area contributed by atoms with E-state index in [1.54, 1.807) is 24.3 Å². The molecular weight excluding hydrogens is 374 g/mol.